The lowest BCUT2D eigenvalue weighted by Crippen LogP contribution is -1.78. The van der Waals surface area contributed by atoms with Crippen LogP contribution in [0.15, 0.2) is 0 Å². The second-order valence-corrected chi connectivity index (χ2v) is 1.53. The summed E-state index contributed by atoms with van der Waals surface area (Å²) in [5, 5.41) is 7.76. The van der Waals surface area contributed by atoms with E-state index in [2.05, 4.69) is 4.52 Å². The van der Waals surface area contributed by atoms with Gasteiger partial charge in [0.1, 0.15) is 6.11 Å². The van der Waals surface area contributed by atoms with Crippen LogP contribution in [0.2, 0.25) is 0 Å². The molecule has 5 heteroatoms. The zero-order chi connectivity index (χ0) is 6.41. The topological polar surface area (TPSA) is 66.8 Å². The fourth-order valence-corrected chi connectivity index (χ4v) is 0.295. The average molecular weight is 135 g/mol. The van der Waals surface area contributed by atoms with Gasteiger partial charge in [0, 0.05) is 4.57 Å². The number of rotatable bonds is 2. The van der Waals surface area contributed by atoms with Gasteiger partial charge in [-0.05, 0) is 5.92 Å². The molecule has 0 amide bonds. The van der Waals surface area contributed by atoms with E-state index in [9.17, 15) is 4.57 Å². The lowest BCUT2D eigenvalue weighted by molar-refractivity contribution is 0.316. The van der Waals surface area contributed by atoms with Crippen molar-refractivity contribution in [3.63, 3.8) is 0 Å². The van der Waals surface area contributed by atoms with Gasteiger partial charge < -0.3 is 5.11 Å². The molecule has 0 bridgehead atoms. The fourth-order valence-electron chi connectivity index (χ4n) is 0.120. The van der Waals surface area contributed by atoms with Crippen LogP contribution in [0.5, 0.6) is 0 Å². The third-order valence-corrected chi connectivity index (χ3v) is 0.676. The van der Waals surface area contributed by atoms with E-state index in [1.807, 2.05) is 5.92 Å². The van der Waals surface area contributed by atoms with E-state index in [-0.39, 0.29) is 6.61 Å². The van der Waals surface area contributed by atoms with Crippen molar-refractivity contribution in [2.75, 3.05) is 6.61 Å². The molecule has 0 fully saturated rings. The van der Waals surface area contributed by atoms with E-state index < -0.39 is 8.25 Å². The smallest absolute Gasteiger partial charge is 0.462 e. The molecule has 44 valence electrons. The van der Waals surface area contributed by atoms with E-state index in [4.69, 9.17) is 10.00 Å². The van der Waals surface area contributed by atoms with Crippen molar-refractivity contribution in [2.24, 2.45) is 0 Å². The standard InChI is InChI=1S/C3H3O4P/c4-2-1-3-7-8(5)6/h3H2,(H-,4,5,6)/p+1. The zero-order valence-corrected chi connectivity index (χ0v) is 4.76. The molecule has 0 aliphatic carbocycles. The van der Waals surface area contributed by atoms with Gasteiger partial charge in [-0.1, -0.05) is 0 Å². The Morgan fingerprint density at radius 2 is 2.38 bits per heavy atom. The van der Waals surface area contributed by atoms with Crippen molar-refractivity contribution in [3.8, 4) is 12.0 Å². The van der Waals surface area contributed by atoms with Gasteiger partial charge in [0.2, 0.25) is 0 Å². The van der Waals surface area contributed by atoms with Crippen LogP contribution in [-0.2, 0) is 9.09 Å². The van der Waals surface area contributed by atoms with Crippen LogP contribution in [0.3, 0.4) is 0 Å². The molecule has 8 heavy (non-hydrogen) atoms. The van der Waals surface area contributed by atoms with Crippen molar-refractivity contribution in [1.82, 2.24) is 0 Å². The summed E-state index contributed by atoms with van der Waals surface area (Å²) in [6, 6.07) is 0. The Morgan fingerprint density at radius 3 is 2.75 bits per heavy atom. The lowest BCUT2D eigenvalue weighted by Gasteiger charge is -1.69. The molecule has 0 aromatic rings. The van der Waals surface area contributed by atoms with Gasteiger partial charge in [0.25, 0.3) is 0 Å². The number of hydrogen-bond acceptors (Lipinski definition) is 3. The molecule has 1 unspecified atom stereocenters. The van der Waals surface area contributed by atoms with Gasteiger partial charge in [0.05, 0.1) is 0 Å². The van der Waals surface area contributed by atoms with Crippen molar-refractivity contribution < 1.29 is 19.1 Å². The maximum atomic E-state index is 9.65. The van der Waals surface area contributed by atoms with Crippen LogP contribution in [0.4, 0.5) is 0 Å². The van der Waals surface area contributed by atoms with E-state index in [1.165, 1.54) is 6.11 Å². The molecule has 0 radical (unpaired) electrons. The fraction of sp³-hybridized carbons (Fsp3) is 0.333. The first-order valence-corrected chi connectivity index (χ1v) is 2.81. The Hall–Kier alpha value is -0.620. The molecule has 0 rings (SSSR count). The number of aliphatic hydroxyl groups is 1. The Bertz CT molecular complexity index is 132. The first kappa shape index (κ1) is 7.38. The minimum absolute atomic E-state index is 0.220. The minimum Gasteiger partial charge on any atom is -0.462 e. The highest BCUT2D eigenvalue weighted by Gasteiger charge is 2.08. The van der Waals surface area contributed by atoms with Gasteiger partial charge in [0.15, 0.2) is 6.61 Å². The molecule has 0 saturated heterocycles. The van der Waals surface area contributed by atoms with Gasteiger partial charge in [-0.3, -0.25) is 0 Å². The summed E-state index contributed by atoms with van der Waals surface area (Å²) < 4.78 is 13.7. The second-order valence-electron chi connectivity index (χ2n) is 0.800. The zero-order valence-electron chi connectivity index (χ0n) is 3.87. The molecular weight excluding hydrogens is 131 g/mol. The number of aliphatic hydroxyl groups excluding tert-OH is 1. The van der Waals surface area contributed by atoms with Crippen LogP contribution in [-0.4, -0.2) is 16.6 Å². The minimum atomic E-state index is -2.58. The van der Waals surface area contributed by atoms with Crippen LogP contribution in [0, 0.1) is 12.0 Å². The molecule has 0 aromatic carbocycles. The molecule has 0 aromatic heterocycles. The van der Waals surface area contributed by atoms with Crippen molar-refractivity contribution in [3.05, 3.63) is 0 Å². The molecule has 0 heterocycles. The summed E-state index contributed by atoms with van der Waals surface area (Å²) in [4.78, 5) is 7.92. The maximum absolute atomic E-state index is 9.65. The SMILES string of the molecule is O=[P+](O)OCC#CO. The first-order chi connectivity index (χ1) is 3.77. The monoisotopic (exact) mass is 135 g/mol. The second kappa shape index (κ2) is 4.54. The summed E-state index contributed by atoms with van der Waals surface area (Å²) in [5.41, 5.74) is 0. The Balaban J connectivity index is 3.14. The summed E-state index contributed by atoms with van der Waals surface area (Å²) in [7, 11) is -2.58. The van der Waals surface area contributed by atoms with Crippen LogP contribution in [0.1, 0.15) is 0 Å². The van der Waals surface area contributed by atoms with E-state index >= 15 is 0 Å². The summed E-state index contributed by atoms with van der Waals surface area (Å²) >= 11 is 0. The normalized spacial score (nSPS) is 9.38. The summed E-state index contributed by atoms with van der Waals surface area (Å²) in [6.45, 7) is -0.220. The van der Waals surface area contributed by atoms with Gasteiger partial charge in [-0.2, -0.15) is 0 Å². The quantitative estimate of drug-likeness (QED) is 0.412. The molecule has 0 spiro atoms. The van der Waals surface area contributed by atoms with Gasteiger partial charge >= 0.3 is 8.25 Å². The largest absolute Gasteiger partial charge is 0.695 e. The molecule has 0 aliphatic rings. The molecule has 1 atom stereocenters. The lowest BCUT2D eigenvalue weighted by atomic mass is 10.8. The van der Waals surface area contributed by atoms with Crippen LogP contribution in [0.25, 0.3) is 0 Å². The van der Waals surface area contributed by atoms with Gasteiger partial charge in [-0.15, -0.1) is 9.42 Å². The predicted octanol–water partition coefficient (Wildman–Crippen LogP) is -0.0139. The highest BCUT2D eigenvalue weighted by atomic mass is 31.1. The Morgan fingerprint density at radius 1 is 1.75 bits per heavy atom. The predicted molar refractivity (Wildman–Crippen MR) is 25.5 cm³/mol. The third-order valence-electron chi connectivity index (χ3n) is 0.326. The Labute approximate surface area is 47.0 Å². The molecule has 2 N–H and O–H groups in total. The van der Waals surface area contributed by atoms with Crippen molar-refractivity contribution in [2.45, 2.75) is 0 Å². The van der Waals surface area contributed by atoms with E-state index in [0.717, 1.165) is 0 Å². The van der Waals surface area contributed by atoms with Crippen molar-refractivity contribution >= 4 is 8.25 Å². The summed E-state index contributed by atoms with van der Waals surface area (Å²) in [6.07, 6.45) is 1.51. The molecule has 4 nitrogen and oxygen atoms in total. The number of hydrogen-bond donors (Lipinski definition) is 2. The highest BCUT2D eigenvalue weighted by molar-refractivity contribution is 7.32. The van der Waals surface area contributed by atoms with Crippen LogP contribution >= 0.6 is 8.25 Å². The summed E-state index contributed by atoms with van der Waals surface area (Å²) in [5.74, 6) is 2.02. The first-order valence-electron chi connectivity index (χ1n) is 1.68. The molecule has 0 saturated carbocycles. The molecule has 0 aliphatic heterocycles. The third kappa shape index (κ3) is 5.38. The van der Waals surface area contributed by atoms with E-state index in [1.54, 1.807) is 0 Å². The van der Waals surface area contributed by atoms with Gasteiger partial charge in [-0.25, -0.2) is 0 Å². The van der Waals surface area contributed by atoms with Crippen LogP contribution < -0.4 is 0 Å². The highest BCUT2D eigenvalue weighted by Crippen LogP contribution is 2.12. The molecular formula is C3H4O4P+. The van der Waals surface area contributed by atoms with E-state index in [0.29, 0.717) is 0 Å². The Kier molecular flexibility index (Phi) is 4.19. The average Bonchev–Trinajstić information content (AvgIpc) is 1.66. The van der Waals surface area contributed by atoms with Crippen molar-refractivity contribution in [1.29, 1.82) is 0 Å². The maximum Gasteiger partial charge on any atom is 0.695 e.